The summed E-state index contributed by atoms with van der Waals surface area (Å²) in [5.41, 5.74) is 0.283. The average molecular weight is 433 g/mol. The van der Waals surface area contributed by atoms with E-state index in [0.29, 0.717) is 36.2 Å². The molecule has 1 fully saturated rings. The molecule has 1 saturated heterocycles. The van der Waals surface area contributed by atoms with Crippen LogP contribution < -0.4 is 5.32 Å². The van der Waals surface area contributed by atoms with Crippen LogP contribution in [0.5, 0.6) is 0 Å². The molecular formula is C18H20ClF3N4O3. The van der Waals surface area contributed by atoms with Crippen molar-refractivity contribution in [2.45, 2.75) is 38.0 Å². The Kier molecular flexibility index (Phi) is 6.63. The third kappa shape index (κ3) is 6.07. The highest BCUT2D eigenvalue weighted by Crippen LogP contribution is 2.29. The number of rotatable bonds is 5. The number of anilines is 1. The van der Waals surface area contributed by atoms with Crippen molar-refractivity contribution in [3.63, 3.8) is 0 Å². The second-order valence-electron chi connectivity index (χ2n) is 6.85. The highest BCUT2D eigenvalue weighted by atomic mass is 35.5. The lowest BCUT2D eigenvalue weighted by atomic mass is 9.97. The first-order chi connectivity index (χ1) is 13.7. The van der Waals surface area contributed by atoms with Crippen LogP contribution in [-0.2, 0) is 4.74 Å². The minimum absolute atomic E-state index is 0.151. The van der Waals surface area contributed by atoms with Crippen molar-refractivity contribution in [3.05, 3.63) is 41.0 Å². The minimum Gasteiger partial charge on any atom is -0.435 e. The first kappa shape index (κ1) is 21.4. The first-order valence-corrected chi connectivity index (χ1v) is 9.41. The van der Waals surface area contributed by atoms with Crippen molar-refractivity contribution in [2.24, 2.45) is 0 Å². The van der Waals surface area contributed by atoms with Gasteiger partial charge in [-0.2, -0.15) is 18.2 Å². The molecule has 1 aromatic heterocycles. The summed E-state index contributed by atoms with van der Waals surface area (Å²) in [5, 5.41) is 6.44. The van der Waals surface area contributed by atoms with Gasteiger partial charge in [-0.25, -0.2) is 4.79 Å². The normalized spacial score (nSPS) is 19.0. The van der Waals surface area contributed by atoms with Crippen LogP contribution >= 0.6 is 11.6 Å². The number of halogens is 4. The van der Waals surface area contributed by atoms with Gasteiger partial charge in [0.15, 0.2) is 5.82 Å². The zero-order valence-electron chi connectivity index (χ0n) is 15.6. The molecule has 0 saturated carbocycles. The van der Waals surface area contributed by atoms with Gasteiger partial charge < -0.3 is 9.26 Å². The zero-order chi connectivity index (χ0) is 21.0. The number of nitrogens with one attached hydrogen (secondary N) is 1. The molecule has 0 aliphatic carbocycles. The summed E-state index contributed by atoms with van der Waals surface area (Å²) in [7, 11) is 0. The van der Waals surface area contributed by atoms with Gasteiger partial charge in [0, 0.05) is 23.8 Å². The molecule has 3 rings (SSSR count). The molecule has 1 aromatic carbocycles. The fourth-order valence-corrected chi connectivity index (χ4v) is 3.28. The molecule has 0 spiro atoms. The number of aryl methyl sites for hydroxylation is 1. The molecule has 1 aliphatic rings. The third-order valence-electron chi connectivity index (χ3n) is 4.53. The Labute approximate surface area is 170 Å². The lowest BCUT2D eigenvalue weighted by molar-refractivity contribution is -0.207. The quantitative estimate of drug-likeness (QED) is 0.754. The molecule has 29 heavy (non-hydrogen) atoms. The highest BCUT2D eigenvalue weighted by molar-refractivity contribution is 6.30. The Morgan fingerprint density at radius 2 is 2.14 bits per heavy atom. The van der Waals surface area contributed by atoms with Gasteiger partial charge in [-0.05, 0) is 50.6 Å². The van der Waals surface area contributed by atoms with Crippen LogP contribution in [0.2, 0.25) is 5.02 Å². The maximum absolute atomic E-state index is 13.5. The number of aromatic nitrogens is 2. The van der Waals surface area contributed by atoms with Crippen molar-refractivity contribution in [3.8, 4) is 0 Å². The van der Waals surface area contributed by atoms with E-state index in [0.717, 1.165) is 6.42 Å². The van der Waals surface area contributed by atoms with Gasteiger partial charge in [0.1, 0.15) is 0 Å². The maximum Gasteiger partial charge on any atom is 0.426 e. The molecule has 1 aliphatic heterocycles. The molecule has 1 amide bonds. The van der Waals surface area contributed by atoms with Gasteiger partial charge in [0.2, 0.25) is 12.0 Å². The third-order valence-corrected chi connectivity index (χ3v) is 4.78. The van der Waals surface area contributed by atoms with Crippen LogP contribution in [0.15, 0.2) is 28.8 Å². The van der Waals surface area contributed by atoms with Gasteiger partial charge in [-0.1, -0.05) is 16.8 Å². The number of amides is 1. The van der Waals surface area contributed by atoms with Crippen molar-refractivity contribution in [1.29, 1.82) is 0 Å². The fraction of sp³-hybridized carbons (Fsp3) is 0.500. The number of carbonyl (C=O) groups excluding carboxylic acids is 1. The summed E-state index contributed by atoms with van der Waals surface area (Å²) in [5.74, 6) is 0.742. The Morgan fingerprint density at radius 3 is 2.76 bits per heavy atom. The Hall–Kier alpha value is -2.33. The van der Waals surface area contributed by atoms with Crippen molar-refractivity contribution >= 4 is 23.4 Å². The van der Waals surface area contributed by atoms with Gasteiger partial charge >= 0.3 is 12.3 Å². The highest BCUT2D eigenvalue weighted by Gasteiger charge is 2.44. The maximum atomic E-state index is 13.5. The molecule has 11 heteroatoms. The van der Waals surface area contributed by atoms with Crippen LogP contribution in [0.25, 0.3) is 0 Å². The first-order valence-electron chi connectivity index (χ1n) is 9.03. The lowest BCUT2D eigenvalue weighted by Crippen LogP contribution is -2.47. The van der Waals surface area contributed by atoms with E-state index >= 15 is 0 Å². The summed E-state index contributed by atoms with van der Waals surface area (Å²) >= 11 is 5.74. The van der Waals surface area contributed by atoms with Crippen molar-refractivity contribution < 1.29 is 27.2 Å². The molecule has 2 heterocycles. The second-order valence-corrected chi connectivity index (χ2v) is 7.28. The molecule has 7 nitrogen and oxygen atoms in total. The molecule has 1 N–H and O–H groups in total. The van der Waals surface area contributed by atoms with Crippen molar-refractivity contribution in [1.82, 2.24) is 15.0 Å². The topological polar surface area (TPSA) is 80.5 Å². The predicted molar refractivity (Wildman–Crippen MR) is 98.8 cm³/mol. The second kappa shape index (κ2) is 9.00. The summed E-state index contributed by atoms with van der Waals surface area (Å²) in [4.78, 5) is 17.7. The Morgan fingerprint density at radius 1 is 1.41 bits per heavy atom. The zero-order valence-corrected chi connectivity index (χ0v) is 16.3. The number of carbonyl (C=O) groups is 1. The van der Waals surface area contributed by atoms with Crippen LogP contribution in [0.4, 0.5) is 23.7 Å². The number of alkyl halides is 3. The van der Waals surface area contributed by atoms with Gasteiger partial charge in [0.25, 0.3) is 0 Å². The molecule has 0 bridgehead atoms. The van der Waals surface area contributed by atoms with E-state index in [-0.39, 0.29) is 11.6 Å². The van der Waals surface area contributed by atoms with E-state index in [1.165, 1.54) is 24.3 Å². The van der Waals surface area contributed by atoms with Crippen LogP contribution in [0, 0.1) is 6.92 Å². The number of likely N-dealkylation sites (tertiary alicyclic amines) is 1. The van der Waals surface area contributed by atoms with E-state index in [4.69, 9.17) is 20.9 Å². The number of hydrogen-bond donors (Lipinski definition) is 1. The largest absolute Gasteiger partial charge is 0.435 e. The number of ether oxygens (including phenoxy) is 1. The van der Waals surface area contributed by atoms with E-state index in [9.17, 15) is 18.0 Å². The monoisotopic (exact) mass is 432 g/mol. The van der Waals surface area contributed by atoms with Crippen LogP contribution in [0.1, 0.15) is 30.5 Å². The number of benzene rings is 1. The molecule has 0 radical (unpaired) electrons. The molecule has 2 aromatic rings. The number of piperidine rings is 1. The van der Waals surface area contributed by atoms with Crippen LogP contribution in [-0.4, -0.2) is 53.0 Å². The van der Waals surface area contributed by atoms with E-state index in [2.05, 4.69) is 15.5 Å². The summed E-state index contributed by atoms with van der Waals surface area (Å²) < 4.78 is 50.2. The minimum atomic E-state index is -4.70. The standard InChI is InChI=1S/C18H20ClF3N4O3/c1-11-23-16(29-25-11)12-3-2-8-26(9-12)10-15(18(20,21)22)28-17(27)24-14-6-4-13(19)5-7-14/h4-7,12,15H,2-3,8-10H2,1H3,(H,24,27). The van der Waals surface area contributed by atoms with E-state index in [1.54, 1.807) is 11.8 Å². The molecule has 2 atom stereocenters. The van der Waals surface area contributed by atoms with Gasteiger partial charge in [-0.15, -0.1) is 0 Å². The van der Waals surface area contributed by atoms with E-state index in [1.807, 2.05) is 0 Å². The van der Waals surface area contributed by atoms with E-state index < -0.39 is 24.9 Å². The SMILES string of the molecule is Cc1noc(C2CCCN(CC(OC(=O)Nc3ccc(Cl)cc3)C(F)(F)F)C2)n1. The lowest BCUT2D eigenvalue weighted by Gasteiger charge is -2.33. The average Bonchev–Trinajstić information content (AvgIpc) is 3.09. The number of nitrogens with zero attached hydrogens (tertiary/aromatic N) is 3. The van der Waals surface area contributed by atoms with Crippen LogP contribution in [0.3, 0.4) is 0 Å². The fourth-order valence-electron chi connectivity index (χ4n) is 3.15. The smallest absolute Gasteiger partial charge is 0.426 e. The Bertz CT molecular complexity index is 829. The summed E-state index contributed by atoms with van der Waals surface area (Å²) in [6.07, 6.45) is -6.74. The summed E-state index contributed by atoms with van der Waals surface area (Å²) in [6, 6.07) is 5.94. The predicted octanol–water partition coefficient (Wildman–Crippen LogP) is 4.39. The van der Waals surface area contributed by atoms with Crippen molar-refractivity contribution in [2.75, 3.05) is 25.0 Å². The molecular weight excluding hydrogens is 413 g/mol. The van der Waals surface area contributed by atoms with Gasteiger partial charge in [-0.3, -0.25) is 10.2 Å². The number of hydrogen-bond acceptors (Lipinski definition) is 6. The summed E-state index contributed by atoms with van der Waals surface area (Å²) in [6.45, 7) is 1.98. The Balaban J connectivity index is 1.61. The van der Waals surface area contributed by atoms with Gasteiger partial charge in [0.05, 0.1) is 5.92 Å². The molecule has 158 valence electrons. The molecule has 2 unspecified atom stereocenters.